The topological polar surface area (TPSA) is 64.6 Å². The van der Waals surface area contributed by atoms with Crippen LogP contribution >= 0.6 is 15.9 Å². The van der Waals surface area contributed by atoms with E-state index in [-0.39, 0.29) is 30.9 Å². The molecule has 0 bridgehead atoms. The first-order valence-electron chi connectivity index (χ1n) is 7.88. The van der Waals surface area contributed by atoms with Crippen molar-refractivity contribution in [3.05, 3.63) is 28.7 Å². The van der Waals surface area contributed by atoms with Crippen molar-refractivity contribution in [3.63, 3.8) is 0 Å². The highest BCUT2D eigenvalue weighted by molar-refractivity contribution is 9.10. The number of carbonyl (C=O) groups excluding carboxylic acids is 2. The Balaban J connectivity index is 1.53. The molecule has 2 rings (SSSR count). The van der Waals surface area contributed by atoms with Gasteiger partial charge in [0.05, 0.1) is 6.61 Å². The molecule has 5 nitrogen and oxygen atoms in total. The van der Waals surface area contributed by atoms with Gasteiger partial charge in [0, 0.05) is 16.9 Å². The van der Waals surface area contributed by atoms with Gasteiger partial charge >= 0.3 is 5.97 Å². The van der Waals surface area contributed by atoms with Gasteiger partial charge in [0.2, 0.25) is 0 Å². The normalized spacial score (nSPS) is 14.9. The van der Waals surface area contributed by atoms with Gasteiger partial charge in [-0.25, -0.2) is 0 Å². The molecule has 0 aromatic heterocycles. The van der Waals surface area contributed by atoms with E-state index in [4.69, 9.17) is 9.47 Å². The van der Waals surface area contributed by atoms with Crippen LogP contribution in [0.25, 0.3) is 0 Å². The SMILES string of the molecule is C[C@@H](NC(=O)COC(=O)CCCOc1cccc(Br)c1)C1CC1. The molecule has 1 aromatic carbocycles. The number of halogens is 1. The number of amides is 1. The molecule has 1 amide bonds. The van der Waals surface area contributed by atoms with E-state index >= 15 is 0 Å². The zero-order valence-electron chi connectivity index (χ0n) is 13.2. The van der Waals surface area contributed by atoms with Crippen LogP contribution in [0.5, 0.6) is 5.75 Å². The highest BCUT2D eigenvalue weighted by Crippen LogP contribution is 2.32. The van der Waals surface area contributed by atoms with Crippen molar-refractivity contribution in [2.24, 2.45) is 5.92 Å². The summed E-state index contributed by atoms with van der Waals surface area (Å²) >= 11 is 3.37. The van der Waals surface area contributed by atoms with Gasteiger partial charge in [-0.05, 0) is 50.3 Å². The number of carbonyl (C=O) groups is 2. The third-order valence-corrected chi connectivity index (χ3v) is 4.17. The number of rotatable bonds is 9. The summed E-state index contributed by atoms with van der Waals surface area (Å²) in [7, 11) is 0. The molecule has 0 heterocycles. The van der Waals surface area contributed by atoms with Gasteiger partial charge in [0.15, 0.2) is 6.61 Å². The lowest BCUT2D eigenvalue weighted by Gasteiger charge is -2.12. The number of ether oxygens (including phenoxy) is 2. The van der Waals surface area contributed by atoms with E-state index in [2.05, 4.69) is 21.2 Å². The van der Waals surface area contributed by atoms with E-state index in [1.165, 1.54) is 12.8 Å². The molecule has 1 aliphatic rings. The third-order valence-electron chi connectivity index (χ3n) is 3.67. The molecule has 1 N–H and O–H groups in total. The minimum absolute atomic E-state index is 0.166. The van der Waals surface area contributed by atoms with Crippen molar-refractivity contribution >= 4 is 27.8 Å². The van der Waals surface area contributed by atoms with Crippen LogP contribution in [0.4, 0.5) is 0 Å². The molecule has 1 atom stereocenters. The van der Waals surface area contributed by atoms with Crippen LogP contribution in [-0.4, -0.2) is 31.1 Å². The predicted octanol–water partition coefficient (Wildman–Crippen LogP) is 3.07. The summed E-state index contributed by atoms with van der Waals surface area (Å²) in [5, 5.41) is 2.85. The highest BCUT2D eigenvalue weighted by Gasteiger charge is 2.28. The highest BCUT2D eigenvalue weighted by atomic mass is 79.9. The van der Waals surface area contributed by atoms with E-state index in [0.29, 0.717) is 18.9 Å². The fraction of sp³-hybridized carbons (Fsp3) is 0.529. The lowest BCUT2D eigenvalue weighted by atomic mass is 10.2. The number of nitrogens with one attached hydrogen (secondary N) is 1. The minimum atomic E-state index is -0.378. The quantitative estimate of drug-likeness (QED) is 0.525. The molecule has 126 valence electrons. The molecule has 0 saturated heterocycles. The Labute approximate surface area is 144 Å². The molecular formula is C17H22BrNO4. The maximum Gasteiger partial charge on any atom is 0.306 e. The van der Waals surface area contributed by atoms with Crippen LogP contribution < -0.4 is 10.1 Å². The molecular weight excluding hydrogens is 362 g/mol. The molecule has 1 fully saturated rings. The molecule has 1 saturated carbocycles. The van der Waals surface area contributed by atoms with Gasteiger partial charge in [-0.2, -0.15) is 0 Å². The Morgan fingerprint density at radius 3 is 2.87 bits per heavy atom. The van der Waals surface area contributed by atoms with E-state index < -0.39 is 0 Å². The largest absolute Gasteiger partial charge is 0.494 e. The molecule has 1 aromatic rings. The van der Waals surface area contributed by atoms with Crippen LogP contribution in [0.1, 0.15) is 32.6 Å². The first-order chi connectivity index (χ1) is 11.0. The summed E-state index contributed by atoms with van der Waals surface area (Å²) in [5.41, 5.74) is 0. The van der Waals surface area contributed by atoms with Crippen molar-refractivity contribution in [3.8, 4) is 5.75 Å². The summed E-state index contributed by atoms with van der Waals surface area (Å²) in [5.74, 6) is 0.728. The maximum atomic E-state index is 11.6. The first kappa shape index (κ1) is 17.8. The van der Waals surface area contributed by atoms with Gasteiger partial charge in [0.1, 0.15) is 5.75 Å². The summed E-state index contributed by atoms with van der Waals surface area (Å²) in [6.45, 7) is 2.20. The van der Waals surface area contributed by atoms with Gasteiger partial charge in [0.25, 0.3) is 5.91 Å². The molecule has 0 spiro atoms. The van der Waals surface area contributed by atoms with Crippen LogP contribution in [-0.2, 0) is 14.3 Å². The maximum absolute atomic E-state index is 11.6. The molecule has 1 aliphatic carbocycles. The Morgan fingerprint density at radius 2 is 2.17 bits per heavy atom. The average Bonchev–Trinajstić information content (AvgIpc) is 3.34. The van der Waals surface area contributed by atoms with Crippen molar-refractivity contribution in [1.29, 1.82) is 0 Å². The Hall–Kier alpha value is -1.56. The Bertz CT molecular complexity index is 545. The Kier molecular flexibility index (Phi) is 6.89. The predicted molar refractivity (Wildman–Crippen MR) is 90.2 cm³/mol. The number of hydrogen-bond acceptors (Lipinski definition) is 4. The standard InChI is InChI=1S/C17H22BrNO4/c1-12(13-7-8-13)19-16(20)11-23-17(21)6-3-9-22-15-5-2-4-14(18)10-15/h2,4-5,10,12-13H,3,6-9,11H2,1H3,(H,19,20)/t12-/m1/s1. The van der Waals surface area contributed by atoms with Crippen LogP contribution in [0.3, 0.4) is 0 Å². The molecule has 23 heavy (non-hydrogen) atoms. The van der Waals surface area contributed by atoms with Crippen molar-refractivity contribution in [1.82, 2.24) is 5.32 Å². The summed E-state index contributed by atoms with van der Waals surface area (Å²) in [6.07, 6.45) is 3.11. The lowest BCUT2D eigenvalue weighted by Crippen LogP contribution is -2.37. The first-order valence-corrected chi connectivity index (χ1v) is 8.67. The lowest BCUT2D eigenvalue weighted by molar-refractivity contribution is -0.148. The van der Waals surface area contributed by atoms with Crippen molar-refractivity contribution in [2.45, 2.75) is 38.6 Å². The van der Waals surface area contributed by atoms with Crippen LogP contribution in [0.2, 0.25) is 0 Å². The average molecular weight is 384 g/mol. The van der Waals surface area contributed by atoms with E-state index in [1.54, 1.807) is 0 Å². The number of esters is 1. The zero-order valence-corrected chi connectivity index (χ0v) is 14.8. The molecule has 0 radical (unpaired) electrons. The zero-order chi connectivity index (χ0) is 16.7. The molecule has 0 aliphatic heterocycles. The third kappa shape index (κ3) is 7.03. The van der Waals surface area contributed by atoms with Gasteiger partial charge in [-0.15, -0.1) is 0 Å². The van der Waals surface area contributed by atoms with Crippen LogP contribution in [0.15, 0.2) is 28.7 Å². The number of benzene rings is 1. The molecule has 0 unspecified atom stereocenters. The van der Waals surface area contributed by atoms with Gasteiger partial charge in [-0.1, -0.05) is 22.0 Å². The monoisotopic (exact) mass is 383 g/mol. The van der Waals surface area contributed by atoms with Crippen molar-refractivity contribution in [2.75, 3.05) is 13.2 Å². The number of hydrogen-bond donors (Lipinski definition) is 1. The van der Waals surface area contributed by atoms with E-state index in [9.17, 15) is 9.59 Å². The van der Waals surface area contributed by atoms with E-state index in [0.717, 1.165) is 10.2 Å². The summed E-state index contributed by atoms with van der Waals surface area (Å²) < 4.78 is 11.4. The molecule has 6 heteroatoms. The second-order valence-electron chi connectivity index (χ2n) is 5.76. The van der Waals surface area contributed by atoms with Crippen LogP contribution in [0, 0.1) is 5.92 Å². The minimum Gasteiger partial charge on any atom is -0.494 e. The summed E-state index contributed by atoms with van der Waals surface area (Å²) in [6, 6.07) is 7.69. The fourth-order valence-corrected chi connectivity index (χ4v) is 2.57. The van der Waals surface area contributed by atoms with Crippen molar-refractivity contribution < 1.29 is 19.1 Å². The Morgan fingerprint density at radius 1 is 1.39 bits per heavy atom. The second kappa shape index (κ2) is 8.91. The summed E-state index contributed by atoms with van der Waals surface area (Å²) in [4.78, 5) is 23.2. The second-order valence-corrected chi connectivity index (χ2v) is 6.68. The fourth-order valence-electron chi connectivity index (χ4n) is 2.19. The van der Waals surface area contributed by atoms with E-state index in [1.807, 2.05) is 31.2 Å². The van der Waals surface area contributed by atoms with Gasteiger partial charge in [-0.3, -0.25) is 9.59 Å². The van der Waals surface area contributed by atoms with Gasteiger partial charge < -0.3 is 14.8 Å². The smallest absolute Gasteiger partial charge is 0.306 e.